The molecule has 0 spiro atoms. The first kappa shape index (κ1) is 57.3. The Morgan fingerprint density at radius 2 is 1.05 bits per heavy atom. The van der Waals surface area contributed by atoms with Gasteiger partial charge in [-0.25, -0.2) is 0 Å². The molecule has 11 nitrogen and oxygen atoms in total. The van der Waals surface area contributed by atoms with Gasteiger partial charge in [-0.2, -0.15) is 0 Å². The van der Waals surface area contributed by atoms with Crippen LogP contribution in [-0.2, 0) is 45.0 Å². The van der Waals surface area contributed by atoms with E-state index in [1.54, 1.807) is 0 Å². The van der Waals surface area contributed by atoms with Crippen molar-refractivity contribution in [2.24, 2.45) is 0 Å². The van der Waals surface area contributed by atoms with Crippen LogP contribution >= 0.6 is 11.6 Å². The lowest BCUT2D eigenvalue weighted by atomic mass is 9.74. The minimum Gasteiger partial charge on any atom is -0.457 e. The van der Waals surface area contributed by atoms with Gasteiger partial charge in [0.2, 0.25) is 23.6 Å². The summed E-state index contributed by atoms with van der Waals surface area (Å²) < 4.78 is 5.82. The maximum atomic E-state index is 12.6. The van der Waals surface area contributed by atoms with Crippen molar-refractivity contribution in [1.82, 2.24) is 31.1 Å². The second-order valence-electron chi connectivity index (χ2n) is 21.2. The maximum absolute atomic E-state index is 12.6. The summed E-state index contributed by atoms with van der Waals surface area (Å²) in [6, 6.07) is 40.8. The third kappa shape index (κ3) is 17.8. The Balaban J connectivity index is 0.000000244. The molecule has 0 heterocycles. The van der Waals surface area contributed by atoms with Crippen LogP contribution in [0.25, 0.3) is 0 Å². The fourth-order valence-corrected chi connectivity index (χ4v) is 10.7. The second kappa shape index (κ2) is 28.0. The first-order valence-electron chi connectivity index (χ1n) is 26.6. The van der Waals surface area contributed by atoms with Crippen molar-refractivity contribution in [1.29, 1.82) is 0 Å². The lowest BCUT2D eigenvalue weighted by molar-refractivity contribution is -0.127. The van der Waals surface area contributed by atoms with Crippen LogP contribution in [0.2, 0.25) is 5.02 Å². The van der Waals surface area contributed by atoms with E-state index in [1.165, 1.54) is 27.8 Å². The highest BCUT2D eigenvalue weighted by Crippen LogP contribution is 2.37. The van der Waals surface area contributed by atoms with E-state index in [1.807, 2.05) is 84.9 Å². The zero-order chi connectivity index (χ0) is 53.1. The molecule has 74 heavy (non-hydrogen) atoms. The molecule has 0 atom stereocenters. The molecule has 5 aromatic rings. The fourth-order valence-electron chi connectivity index (χ4n) is 10.5. The summed E-state index contributed by atoms with van der Waals surface area (Å²) in [4.78, 5) is 54.4. The van der Waals surface area contributed by atoms with Crippen LogP contribution in [0.4, 0.5) is 0 Å². The van der Waals surface area contributed by atoms with E-state index in [2.05, 4.69) is 116 Å². The molecule has 4 amide bonds. The number of aryl methyl sites for hydroxylation is 2. The van der Waals surface area contributed by atoms with Gasteiger partial charge in [0.15, 0.2) is 0 Å². The van der Waals surface area contributed by atoms with E-state index >= 15 is 0 Å². The van der Waals surface area contributed by atoms with Gasteiger partial charge >= 0.3 is 0 Å². The number of ether oxygens (including phenoxy) is 1. The Hall–Kier alpha value is -6.01. The zero-order valence-electron chi connectivity index (χ0n) is 45.0. The number of rotatable bonds is 21. The Morgan fingerprint density at radius 3 is 1.59 bits per heavy atom. The number of likely N-dealkylation sites (N-methyl/N-ethyl adjacent to an activating group) is 2. The molecule has 12 heteroatoms. The SMILES string of the molecule is CN(C)C1(Cc2cccc(Cl)c2)CCC(NC(=O)CCC(=O)NCCc2ccc(Oc3ccccc3)cc2)CC1.Cc1cccc(CC2(N(C)C)CCC(NC(=O)CCC(=O)NCc3cccc(C)c3C)CC2)c1. The largest absolute Gasteiger partial charge is 0.457 e. The van der Waals surface area contributed by atoms with Gasteiger partial charge < -0.3 is 35.8 Å². The lowest BCUT2D eigenvalue weighted by Gasteiger charge is -2.45. The van der Waals surface area contributed by atoms with Crippen LogP contribution < -0.4 is 26.0 Å². The number of amides is 4. The first-order chi connectivity index (χ1) is 35.5. The summed E-state index contributed by atoms with van der Waals surface area (Å²) in [6.45, 7) is 7.31. The summed E-state index contributed by atoms with van der Waals surface area (Å²) in [7, 11) is 8.62. The number of benzene rings is 5. The lowest BCUT2D eigenvalue weighted by Crippen LogP contribution is -2.52. The van der Waals surface area contributed by atoms with E-state index in [0.717, 1.165) is 91.9 Å². The van der Waals surface area contributed by atoms with Crippen LogP contribution in [0.1, 0.15) is 116 Å². The number of carbonyl (C=O) groups is 4. The summed E-state index contributed by atoms with van der Waals surface area (Å²) >= 11 is 6.21. The highest BCUT2D eigenvalue weighted by atomic mass is 35.5. The van der Waals surface area contributed by atoms with Gasteiger partial charge in [0.05, 0.1) is 0 Å². The number of hydrogen-bond donors (Lipinski definition) is 4. The summed E-state index contributed by atoms with van der Waals surface area (Å²) in [5.41, 5.74) is 8.75. The average molecular weight is 1030 g/mol. The summed E-state index contributed by atoms with van der Waals surface area (Å²) in [5.74, 6) is 1.31. The summed E-state index contributed by atoms with van der Waals surface area (Å²) in [5, 5.41) is 13.0. The molecule has 4 N–H and O–H groups in total. The first-order valence-corrected chi connectivity index (χ1v) is 27.0. The highest BCUT2D eigenvalue weighted by Gasteiger charge is 2.39. The van der Waals surface area contributed by atoms with E-state index in [4.69, 9.17) is 16.3 Å². The minimum atomic E-state index is -0.101. The molecule has 0 bridgehead atoms. The van der Waals surface area contributed by atoms with Crippen LogP contribution in [0, 0.1) is 20.8 Å². The number of nitrogens with one attached hydrogen (secondary N) is 4. The smallest absolute Gasteiger partial charge is 0.220 e. The van der Waals surface area contributed by atoms with Crippen molar-refractivity contribution < 1.29 is 23.9 Å². The molecule has 2 saturated carbocycles. The molecule has 0 aromatic heterocycles. The molecule has 2 aliphatic rings. The predicted molar refractivity (Wildman–Crippen MR) is 300 cm³/mol. The molecule has 396 valence electrons. The van der Waals surface area contributed by atoms with Crippen LogP contribution in [0.5, 0.6) is 11.5 Å². The molecular weight excluding hydrogens is 944 g/mol. The van der Waals surface area contributed by atoms with Gasteiger partial charge in [-0.1, -0.05) is 102 Å². The standard InChI is InChI=1S/C33H40ClN3O3.C29H41N3O2/c1-37(2)33(24-26-7-6-8-27(34)23-26)20-17-28(18-21-33)36-32(39)16-15-31(38)35-22-19-25-11-13-30(14-12-25)40-29-9-4-3-5-10-29;1-21-8-6-10-24(18-21)19-29(32(4)5)16-14-26(15-17-29)31-28(34)13-12-27(33)30-20-25-11-7-9-22(2)23(25)3/h3-14,23,28H,15-22,24H2,1-2H3,(H,35,38)(H,36,39);6-11,18,26H,12-17,19-20H2,1-5H3,(H,30,33)(H,31,34). The number of para-hydroxylation sites is 1. The molecule has 2 aliphatic carbocycles. The van der Waals surface area contributed by atoms with Gasteiger partial charge in [-0.3, -0.25) is 19.2 Å². The minimum absolute atomic E-state index is 0.0251. The van der Waals surface area contributed by atoms with E-state index in [-0.39, 0.29) is 72.5 Å². The highest BCUT2D eigenvalue weighted by molar-refractivity contribution is 6.30. The quantitative estimate of drug-likeness (QED) is 0.0576. The molecule has 5 aromatic carbocycles. The van der Waals surface area contributed by atoms with Crippen LogP contribution in [0.3, 0.4) is 0 Å². The molecular formula is C62H81ClN6O5. The third-order valence-corrected chi connectivity index (χ3v) is 15.7. The van der Waals surface area contributed by atoms with Gasteiger partial charge in [-0.05, 0) is 189 Å². The Morgan fingerprint density at radius 1 is 0.554 bits per heavy atom. The van der Waals surface area contributed by atoms with Crippen molar-refractivity contribution in [2.75, 3.05) is 34.7 Å². The molecule has 2 fully saturated rings. The zero-order valence-corrected chi connectivity index (χ0v) is 45.8. The predicted octanol–water partition coefficient (Wildman–Crippen LogP) is 10.8. The second-order valence-corrected chi connectivity index (χ2v) is 21.6. The van der Waals surface area contributed by atoms with Crippen LogP contribution in [-0.4, -0.2) is 91.3 Å². The number of nitrogens with zero attached hydrogens (tertiary/aromatic N) is 2. The van der Waals surface area contributed by atoms with Crippen LogP contribution in [0.15, 0.2) is 121 Å². The number of hydrogen-bond acceptors (Lipinski definition) is 7. The van der Waals surface area contributed by atoms with Crippen molar-refractivity contribution >= 4 is 35.2 Å². The monoisotopic (exact) mass is 1020 g/mol. The molecule has 0 unspecified atom stereocenters. The molecule has 7 rings (SSSR count). The Bertz CT molecular complexity index is 2590. The third-order valence-electron chi connectivity index (χ3n) is 15.5. The Kier molecular flexibility index (Phi) is 21.7. The number of carbonyl (C=O) groups excluding carboxylic acids is 4. The molecule has 0 aliphatic heterocycles. The average Bonchev–Trinajstić information content (AvgIpc) is 3.38. The Labute approximate surface area is 446 Å². The van der Waals surface area contributed by atoms with Crippen molar-refractivity contribution in [2.45, 2.75) is 147 Å². The van der Waals surface area contributed by atoms with Gasteiger partial charge in [0, 0.05) is 67.0 Å². The van der Waals surface area contributed by atoms with E-state index in [0.29, 0.717) is 19.5 Å². The fraction of sp³-hybridized carbons (Fsp3) is 0.452. The topological polar surface area (TPSA) is 132 Å². The van der Waals surface area contributed by atoms with Gasteiger partial charge in [0.25, 0.3) is 0 Å². The van der Waals surface area contributed by atoms with Gasteiger partial charge in [-0.15, -0.1) is 0 Å². The molecule has 0 saturated heterocycles. The van der Waals surface area contributed by atoms with Crippen molar-refractivity contribution in [3.05, 3.63) is 165 Å². The van der Waals surface area contributed by atoms with E-state index < -0.39 is 0 Å². The summed E-state index contributed by atoms with van der Waals surface area (Å²) in [6.07, 6.45) is 11.4. The van der Waals surface area contributed by atoms with Crippen molar-refractivity contribution in [3.63, 3.8) is 0 Å². The van der Waals surface area contributed by atoms with E-state index in [9.17, 15) is 19.2 Å². The van der Waals surface area contributed by atoms with Gasteiger partial charge in [0.1, 0.15) is 11.5 Å². The molecule has 0 radical (unpaired) electrons. The normalized spacial score (nSPS) is 19.4. The van der Waals surface area contributed by atoms with Crippen molar-refractivity contribution in [3.8, 4) is 11.5 Å². The maximum Gasteiger partial charge on any atom is 0.220 e. The number of halogens is 1.